The Bertz CT molecular complexity index is 1490. The van der Waals surface area contributed by atoms with Crippen LogP contribution < -0.4 is 10.2 Å². The summed E-state index contributed by atoms with van der Waals surface area (Å²) >= 11 is 0. The van der Waals surface area contributed by atoms with E-state index in [2.05, 4.69) is 5.32 Å². The van der Waals surface area contributed by atoms with Crippen LogP contribution >= 0.6 is 0 Å². The molecular weight excluding hydrogens is 639 g/mol. The van der Waals surface area contributed by atoms with Gasteiger partial charge < -0.3 is 15.1 Å². The zero-order valence-electron chi connectivity index (χ0n) is 25.4. The molecule has 1 N–H and O–H groups in total. The topological polar surface area (TPSA) is 93.3 Å². The fraction of sp³-hybridized carbons (Fsp3) is 0.484. The number of imide groups is 1. The Morgan fingerprint density at radius 1 is 0.851 bits per heavy atom. The Labute approximate surface area is 265 Å². The third-order valence-corrected chi connectivity index (χ3v) is 9.23. The van der Waals surface area contributed by atoms with Gasteiger partial charge in [0.15, 0.2) is 0 Å². The van der Waals surface area contributed by atoms with Gasteiger partial charge in [0.2, 0.25) is 11.8 Å². The van der Waals surface area contributed by atoms with E-state index in [9.17, 15) is 49.9 Å². The summed E-state index contributed by atoms with van der Waals surface area (Å²) in [4.78, 5) is 56.2. The number of carbonyl (C=O) groups is 4. The molecule has 5 rings (SSSR count). The molecule has 1 aliphatic carbocycles. The molecule has 0 spiro atoms. The lowest BCUT2D eigenvalue weighted by atomic mass is 9.84. The SMILES string of the molecule is CN(C(=O)N(C)[C@@H]1CN(C(=O)[C@H]2CC[C@H](N3C(=O)CNC3=O)CC2)C[C@H]1c1ccc(F)cc1)c1cc(C(F)(F)F)cc(C(F)(F)F)c1. The summed E-state index contributed by atoms with van der Waals surface area (Å²) in [5, 5.41) is 2.48. The van der Waals surface area contributed by atoms with E-state index < -0.39 is 64.9 Å². The summed E-state index contributed by atoms with van der Waals surface area (Å²) in [6.45, 7) is 0.0435. The van der Waals surface area contributed by atoms with Gasteiger partial charge in [0.1, 0.15) is 5.82 Å². The number of hydrogen-bond acceptors (Lipinski definition) is 4. The van der Waals surface area contributed by atoms with E-state index in [1.165, 1.54) is 41.1 Å². The highest BCUT2D eigenvalue weighted by molar-refractivity contribution is 6.02. The van der Waals surface area contributed by atoms with E-state index in [0.29, 0.717) is 48.3 Å². The number of hydrogen-bond donors (Lipinski definition) is 1. The van der Waals surface area contributed by atoms with E-state index in [-0.39, 0.29) is 43.6 Å². The number of likely N-dealkylation sites (tertiary alicyclic amines) is 1. The van der Waals surface area contributed by atoms with Crippen LogP contribution in [0.1, 0.15) is 48.3 Å². The molecule has 0 aromatic heterocycles. The van der Waals surface area contributed by atoms with Gasteiger partial charge in [0.05, 0.1) is 23.7 Å². The smallest absolute Gasteiger partial charge is 0.340 e. The summed E-state index contributed by atoms with van der Waals surface area (Å²) in [6.07, 6.45) is -8.57. The van der Waals surface area contributed by atoms with Crippen LogP contribution in [-0.2, 0) is 21.9 Å². The molecule has 2 aliphatic heterocycles. The minimum absolute atomic E-state index is 0.000291. The molecule has 3 aliphatic rings. The highest BCUT2D eigenvalue weighted by Crippen LogP contribution is 2.40. The van der Waals surface area contributed by atoms with Crippen LogP contribution in [0.3, 0.4) is 0 Å². The van der Waals surface area contributed by atoms with E-state index in [0.717, 1.165) is 7.05 Å². The maximum absolute atomic E-state index is 13.8. The Morgan fingerprint density at radius 3 is 1.94 bits per heavy atom. The second kappa shape index (κ2) is 12.7. The molecule has 2 atom stereocenters. The molecule has 2 aromatic carbocycles. The second-order valence-electron chi connectivity index (χ2n) is 12.1. The van der Waals surface area contributed by atoms with Crippen molar-refractivity contribution in [1.29, 1.82) is 0 Å². The third kappa shape index (κ3) is 7.00. The fourth-order valence-corrected chi connectivity index (χ4v) is 6.66. The van der Waals surface area contributed by atoms with Crippen LogP contribution in [0.15, 0.2) is 42.5 Å². The lowest BCUT2D eigenvalue weighted by Gasteiger charge is -2.34. The first-order valence-electron chi connectivity index (χ1n) is 14.9. The summed E-state index contributed by atoms with van der Waals surface area (Å²) in [7, 11) is 2.40. The molecule has 0 unspecified atom stereocenters. The number of anilines is 1. The zero-order chi connectivity index (χ0) is 34.4. The average molecular weight is 672 g/mol. The molecule has 3 fully saturated rings. The van der Waals surface area contributed by atoms with Gasteiger partial charge in [0.25, 0.3) is 0 Å². The summed E-state index contributed by atoms with van der Waals surface area (Å²) in [5.74, 6) is -2.07. The molecule has 254 valence electrons. The summed E-state index contributed by atoms with van der Waals surface area (Å²) in [5.41, 5.74) is -3.20. The van der Waals surface area contributed by atoms with Gasteiger partial charge in [-0.3, -0.25) is 19.4 Å². The Hall–Kier alpha value is -4.37. The minimum Gasteiger partial charge on any atom is -0.340 e. The van der Waals surface area contributed by atoms with E-state index in [1.807, 2.05) is 0 Å². The van der Waals surface area contributed by atoms with E-state index in [4.69, 9.17) is 0 Å². The molecule has 2 heterocycles. The van der Waals surface area contributed by atoms with Gasteiger partial charge in [-0.2, -0.15) is 26.3 Å². The fourth-order valence-electron chi connectivity index (χ4n) is 6.66. The van der Waals surface area contributed by atoms with Gasteiger partial charge in [-0.05, 0) is 61.6 Å². The van der Waals surface area contributed by atoms with Crippen LogP contribution in [0.5, 0.6) is 0 Å². The lowest BCUT2D eigenvalue weighted by Crippen LogP contribution is -2.48. The summed E-state index contributed by atoms with van der Waals surface area (Å²) < 4.78 is 94.8. The van der Waals surface area contributed by atoms with Crippen molar-refractivity contribution in [2.45, 2.75) is 56.0 Å². The first-order valence-corrected chi connectivity index (χ1v) is 14.9. The normalized spacial score (nSPS) is 23.6. The quantitative estimate of drug-likeness (QED) is 0.338. The van der Waals surface area contributed by atoms with Crippen LogP contribution in [0.2, 0.25) is 0 Å². The van der Waals surface area contributed by atoms with Gasteiger partial charge >= 0.3 is 24.4 Å². The van der Waals surface area contributed by atoms with Crippen LogP contribution in [0, 0.1) is 11.7 Å². The molecule has 0 bridgehead atoms. The molecule has 0 radical (unpaired) electrons. The van der Waals surface area contributed by atoms with Crippen molar-refractivity contribution in [2.24, 2.45) is 5.92 Å². The predicted molar refractivity (Wildman–Crippen MR) is 154 cm³/mol. The number of halogens is 7. The molecule has 47 heavy (non-hydrogen) atoms. The van der Waals surface area contributed by atoms with Crippen molar-refractivity contribution in [3.8, 4) is 0 Å². The molecule has 2 saturated heterocycles. The summed E-state index contributed by atoms with van der Waals surface area (Å²) in [6, 6.07) is 3.81. The highest BCUT2D eigenvalue weighted by atomic mass is 19.4. The number of nitrogens with one attached hydrogen (secondary N) is 1. The Kier molecular flexibility index (Phi) is 9.16. The minimum atomic E-state index is -5.11. The second-order valence-corrected chi connectivity index (χ2v) is 12.1. The predicted octanol–water partition coefficient (Wildman–Crippen LogP) is 5.46. The molecule has 6 amide bonds. The number of likely N-dealkylation sites (N-methyl/N-ethyl adjacent to an activating group) is 1. The van der Waals surface area contributed by atoms with Gasteiger partial charge in [0, 0.05) is 50.7 Å². The average Bonchev–Trinajstić information content (AvgIpc) is 3.62. The maximum Gasteiger partial charge on any atom is 0.416 e. The van der Waals surface area contributed by atoms with Gasteiger partial charge in [-0.25, -0.2) is 14.0 Å². The first-order chi connectivity index (χ1) is 22.0. The number of nitrogens with zero attached hydrogens (tertiary/aromatic N) is 4. The Balaban J connectivity index is 1.36. The monoisotopic (exact) mass is 671 g/mol. The van der Waals surface area contributed by atoms with E-state index >= 15 is 0 Å². The van der Waals surface area contributed by atoms with Crippen molar-refractivity contribution in [2.75, 3.05) is 38.6 Å². The van der Waals surface area contributed by atoms with Gasteiger partial charge in [-0.15, -0.1) is 0 Å². The molecule has 16 heteroatoms. The number of urea groups is 2. The molecule has 9 nitrogen and oxygen atoms in total. The van der Waals surface area contributed by atoms with Gasteiger partial charge in [-0.1, -0.05) is 12.1 Å². The highest BCUT2D eigenvalue weighted by Gasteiger charge is 2.45. The first kappa shape index (κ1) is 34.0. The molecule has 1 saturated carbocycles. The number of amides is 6. The van der Waals surface area contributed by atoms with Crippen molar-refractivity contribution in [3.05, 3.63) is 65.0 Å². The zero-order valence-corrected chi connectivity index (χ0v) is 25.4. The van der Waals surface area contributed by atoms with E-state index in [1.54, 1.807) is 4.90 Å². The standard InChI is InChI=1S/C31H32F7N5O4/c1-40(23-12-19(30(33,34)35)11-20(13-23)31(36,37)38)29(47)41(2)25-16-42(15-24(25)17-3-7-21(32)8-4-17)27(45)18-5-9-22(10-6-18)43-26(44)14-39-28(43)46/h3-4,7-8,11-13,18,22,24-25H,5-6,9-10,14-16H2,1-2H3,(H,39,46)/t18-,22-,24-,25+/m0/s1. The largest absolute Gasteiger partial charge is 0.416 e. The lowest BCUT2D eigenvalue weighted by molar-refractivity contribution is -0.143. The van der Waals surface area contributed by atoms with Crippen LogP contribution in [-0.4, -0.2) is 84.4 Å². The number of carbonyl (C=O) groups excluding carboxylic acids is 4. The maximum atomic E-state index is 13.8. The van der Waals surface area contributed by atoms with Crippen molar-refractivity contribution < 1.29 is 49.9 Å². The van der Waals surface area contributed by atoms with Crippen LogP contribution in [0.4, 0.5) is 46.0 Å². The Morgan fingerprint density at radius 2 is 1.43 bits per heavy atom. The third-order valence-electron chi connectivity index (χ3n) is 9.23. The van der Waals surface area contributed by atoms with Crippen molar-refractivity contribution >= 4 is 29.6 Å². The van der Waals surface area contributed by atoms with Crippen molar-refractivity contribution in [1.82, 2.24) is 20.0 Å². The number of benzene rings is 2. The number of alkyl halides is 6. The molecule has 2 aromatic rings. The van der Waals surface area contributed by atoms with Crippen molar-refractivity contribution in [3.63, 3.8) is 0 Å². The molecular formula is C31H32F7N5O4. The number of rotatable bonds is 5. The van der Waals surface area contributed by atoms with Crippen LogP contribution in [0.25, 0.3) is 0 Å².